The molecule has 0 saturated carbocycles. The van der Waals surface area contributed by atoms with Crippen molar-refractivity contribution in [3.05, 3.63) is 76.1 Å². The molecule has 2 aromatic carbocycles. The molecule has 5 nitrogen and oxygen atoms in total. The Morgan fingerprint density at radius 3 is 2.55 bits per heavy atom. The van der Waals surface area contributed by atoms with Gasteiger partial charge in [0.1, 0.15) is 23.0 Å². The molecule has 0 N–H and O–H groups in total. The molecule has 1 saturated heterocycles. The summed E-state index contributed by atoms with van der Waals surface area (Å²) in [5, 5.41) is 0.413. The lowest BCUT2D eigenvalue weighted by Crippen LogP contribution is -2.31. The molecule has 0 radical (unpaired) electrons. The van der Waals surface area contributed by atoms with Gasteiger partial charge < -0.3 is 14.1 Å². The molecular weight excluding hydrogens is 476 g/mol. The molecule has 1 amide bonds. The number of carbonyl (C=O) groups excluding carboxylic acids is 1. The summed E-state index contributed by atoms with van der Waals surface area (Å²) in [7, 11) is 1.78. The van der Waals surface area contributed by atoms with Crippen molar-refractivity contribution in [2.24, 2.45) is 0 Å². The molecule has 0 unspecified atom stereocenters. The first-order valence-electron chi connectivity index (χ1n) is 9.82. The van der Waals surface area contributed by atoms with Gasteiger partial charge in [-0.1, -0.05) is 22.0 Å². The van der Waals surface area contributed by atoms with Crippen LogP contribution < -0.4 is 9.64 Å². The van der Waals surface area contributed by atoms with E-state index in [1.54, 1.807) is 18.0 Å². The van der Waals surface area contributed by atoms with E-state index in [1.165, 1.54) is 4.90 Å². The summed E-state index contributed by atoms with van der Waals surface area (Å²) >= 11 is 9.05. The van der Waals surface area contributed by atoms with Crippen molar-refractivity contribution in [2.45, 2.75) is 13.8 Å². The Morgan fingerprint density at radius 2 is 1.87 bits per heavy atom. The number of furan rings is 1. The van der Waals surface area contributed by atoms with Gasteiger partial charge >= 0.3 is 0 Å². The molecule has 0 spiro atoms. The molecule has 1 aliphatic rings. The van der Waals surface area contributed by atoms with Crippen LogP contribution in [0.5, 0.6) is 5.75 Å². The fraction of sp³-hybridized carbons (Fsp3) is 0.167. The molecule has 0 aliphatic carbocycles. The number of benzene rings is 2. The minimum atomic E-state index is -0.200. The number of hydrogen-bond acceptors (Lipinski definition) is 4. The summed E-state index contributed by atoms with van der Waals surface area (Å²) in [5.41, 5.74) is 3.24. The third-order valence-electron chi connectivity index (χ3n) is 5.02. The van der Waals surface area contributed by atoms with Crippen LogP contribution in [0.15, 0.2) is 69.2 Å². The Hall–Kier alpha value is -2.90. The van der Waals surface area contributed by atoms with E-state index in [0.29, 0.717) is 28.9 Å². The fourth-order valence-corrected chi connectivity index (χ4v) is 3.89. The van der Waals surface area contributed by atoms with Crippen molar-refractivity contribution in [3.8, 4) is 17.1 Å². The van der Waals surface area contributed by atoms with E-state index in [2.05, 4.69) is 22.0 Å². The minimum absolute atomic E-state index is 0.200. The highest BCUT2D eigenvalue weighted by molar-refractivity contribution is 9.10. The van der Waals surface area contributed by atoms with Gasteiger partial charge in [0.25, 0.3) is 5.91 Å². The van der Waals surface area contributed by atoms with Crippen LogP contribution in [0.1, 0.15) is 18.2 Å². The Labute approximate surface area is 195 Å². The summed E-state index contributed by atoms with van der Waals surface area (Å²) in [6, 6.07) is 17.1. The van der Waals surface area contributed by atoms with E-state index >= 15 is 0 Å². The number of amides is 1. The van der Waals surface area contributed by atoms with E-state index in [-0.39, 0.29) is 5.91 Å². The number of hydrogen-bond donors (Lipinski definition) is 0. The molecular formula is C24H21BrN2O3S. The minimum Gasteiger partial charge on any atom is -0.494 e. The standard InChI is InChI=1S/C24H21BrN2O3S/c1-4-29-18-8-6-17(7-9-18)27-23(28)21(26(3)24(27)31)14-19-10-12-22(30-19)16-5-11-20(25)15(2)13-16/h5-14H,4H2,1-3H3/b21-14-. The van der Waals surface area contributed by atoms with Crippen LogP contribution in [0, 0.1) is 6.92 Å². The summed E-state index contributed by atoms with van der Waals surface area (Å²) in [6.45, 7) is 4.54. The van der Waals surface area contributed by atoms with E-state index in [0.717, 1.165) is 27.1 Å². The largest absolute Gasteiger partial charge is 0.494 e. The van der Waals surface area contributed by atoms with Gasteiger partial charge in [-0.05, 0) is 80.2 Å². The van der Waals surface area contributed by atoms with Crippen molar-refractivity contribution in [1.29, 1.82) is 0 Å². The molecule has 3 aromatic rings. The van der Waals surface area contributed by atoms with Gasteiger partial charge in [0.05, 0.1) is 12.3 Å². The van der Waals surface area contributed by atoms with Crippen LogP contribution >= 0.6 is 28.1 Å². The summed E-state index contributed by atoms with van der Waals surface area (Å²) in [6.07, 6.45) is 1.72. The molecule has 2 heterocycles. The second-order valence-corrected chi connectivity index (χ2v) is 8.32. The highest BCUT2D eigenvalue weighted by Gasteiger charge is 2.37. The van der Waals surface area contributed by atoms with Crippen molar-refractivity contribution in [1.82, 2.24) is 4.90 Å². The maximum absolute atomic E-state index is 13.2. The van der Waals surface area contributed by atoms with Crippen LogP contribution in [0.3, 0.4) is 0 Å². The lowest BCUT2D eigenvalue weighted by molar-refractivity contribution is -0.114. The third-order valence-corrected chi connectivity index (χ3v) is 6.36. The van der Waals surface area contributed by atoms with Crippen LogP contribution in [0.2, 0.25) is 0 Å². The van der Waals surface area contributed by atoms with Crippen LogP contribution in [-0.4, -0.2) is 29.6 Å². The third kappa shape index (κ3) is 4.16. The molecule has 31 heavy (non-hydrogen) atoms. The zero-order valence-corrected chi connectivity index (χ0v) is 19.8. The Balaban J connectivity index is 1.61. The van der Waals surface area contributed by atoms with Crippen LogP contribution in [-0.2, 0) is 4.79 Å². The number of likely N-dealkylation sites (N-methyl/N-ethyl adjacent to an activating group) is 1. The molecule has 1 aliphatic heterocycles. The molecule has 7 heteroatoms. The van der Waals surface area contributed by atoms with Gasteiger partial charge in [0.15, 0.2) is 5.11 Å². The van der Waals surface area contributed by atoms with Crippen molar-refractivity contribution >= 4 is 50.9 Å². The number of ether oxygens (including phenoxy) is 1. The second-order valence-electron chi connectivity index (χ2n) is 7.10. The van der Waals surface area contributed by atoms with Crippen molar-refractivity contribution < 1.29 is 13.9 Å². The first kappa shape index (κ1) is 21.3. The smallest absolute Gasteiger partial charge is 0.281 e. The fourth-order valence-electron chi connectivity index (χ4n) is 3.36. The maximum atomic E-state index is 13.2. The Bertz CT molecular complexity index is 1180. The van der Waals surface area contributed by atoms with Crippen molar-refractivity contribution in [3.63, 3.8) is 0 Å². The lowest BCUT2D eigenvalue weighted by atomic mass is 10.1. The number of carbonyl (C=O) groups is 1. The quantitative estimate of drug-likeness (QED) is 0.319. The van der Waals surface area contributed by atoms with Crippen LogP contribution in [0.4, 0.5) is 5.69 Å². The number of aryl methyl sites for hydroxylation is 1. The summed E-state index contributed by atoms with van der Waals surface area (Å²) in [5.74, 6) is 1.87. The normalized spacial score (nSPS) is 15.3. The highest BCUT2D eigenvalue weighted by atomic mass is 79.9. The Morgan fingerprint density at radius 1 is 1.13 bits per heavy atom. The predicted octanol–water partition coefficient (Wildman–Crippen LogP) is 6.02. The van der Waals surface area contributed by atoms with Crippen LogP contribution in [0.25, 0.3) is 17.4 Å². The first-order chi connectivity index (χ1) is 14.9. The number of anilines is 1. The number of thiocarbonyl (C=S) groups is 1. The lowest BCUT2D eigenvalue weighted by Gasteiger charge is -2.16. The summed E-state index contributed by atoms with van der Waals surface area (Å²) < 4.78 is 12.5. The molecule has 158 valence electrons. The zero-order valence-electron chi connectivity index (χ0n) is 17.4. The Kier molecular flexibility index (Phi) is 5.98. The molecule has 0 atom stereocenters. The molecule has 1 fully saturated rings. The molecule has 1 aromatic heterocycles. The van der Waals surface area contributed by atoms with Gasteiger partial charge in [-0.2, -0.15) is 0 Å². The summed E-state index contributed by atoms with van der Waals surface area (Å²) in [4.78, 5) is 16.4. The number of nitrogens with zero attached hydrogens (tertiary/aromatic N) is 2. The SMILES string of the molecule is CCOc1ccc(N2C(=O)/C(=C/c3ccc(-c4ccc(Br)c(C)c4)o3)N(C)C2=S)cc1. The van der Waals surface area contributed by atoms with E-state index in [1.807, 2.05) is 62.4 Å². The van der Waals surface area contributed by atoms with Crippen molar-refractivity contribution in [2.75, 3.05) is 18.6 Å². The number of rotatable bonds is 5. The van der Waals surface area contributed by atoms with E-state index in [9.17, 15) is 4.79 Å². The highest BCUT2D eigenvalue weighted by Crippen LogP contribution is 2.31. The van der Waals surface area contributed by atoms with Gasteiger partial charge in [-0.3, -0.25) is 9.69 Å². The van der Waals surface area contributed by atoms with Gasteiger partial charge in [0.2, 0.25) is 0 Å². The van der Waals surface area contributed by atoms with E-state index in [4.69, 9.17) is 21.4 Å². The number of halogens is 1. The van der Waals surface area contributed by atoms with Gasteiger partial charge in [-0.15, -0.1) is 0 Å². The van der Waals surface area contributed by atoms with Gasteiger partial charge in [0, 0.05) is 23.2 Å². The maximum Gasteiger partial charge on any atom is 0.281 e. The van der Waals surface area contributed by atoms with E-state index < -0.39 is 0 Å². The predicted molar refractivity (Wildman–Crippen MR) is 130 cm³/mol. The zero-order chi connectivity index (χ0) is 22.1. The topological polar surface area (TPSA) is 45.9 Å². The molecule has 4 rings (SSSR count). The van der Waals surface area contributed by atoms with Gasteiger partial charge in [-0.25, -0.2) is 0 Å². The molecule has 0 bridgehead atoms. The monoisotopic (exact) mass is 496 g/mol. The first-order valence-corrected chi connectivity index (χ1v) is 11.0. The second kappa shape index (κ2) is 8.69. The average molecular weight is 497 g/mol. The average Bonchev–Trinajstić information content (AvgIpc) is 3.30.